The Kier molecular flexibility index (Phi) is 18.6. The molecule has 0 fully saturated rings. The van der Waals surface area contributed by atoms with Gasteiger partial charge < -0.3 is 19.8 Å². The number of aliphatic hydroxyl groups excluding tert-OH is 1. The Morgan fingerprint density at radius 3 is 1.58 bits per heavy atom. The Morgan fingerprint density at radius 2 is 1.31 bits per heavy atom. The molecule has 0 atom stereocenters. The van der Waals surface area contributed by atoms with Gasteiger partial charge >= 0.3 is 7.82 Å². The summed E-state index contributed by atoms with van der Waals surface area (Å²) in [5.41, 5.74) is 0. The lowest BCUT2D eigenvalue weighted by molar-refractivity contribution is 0.101. The summed E-state index contributed by atoms with van der Waals surface area (Å²) in [6, 6.07) is 0. The second-order valence-electron chi connectivity index (χ2n) is 7.75. The number of hydrogen-bond donors (Lipinski definition) is 3. The molecule has 0 heterocycles. The number of hydrogen-bond acceptors (Lipinski definition) is 4. The molecular formula is C19H44NO5P. The maximum Gasteiger partial charge on any atom is 0.469 e. The van der Waals surface area contributed by atoms with Crippen LogP contribution in [0.15, 0.2) is 0 Å². The van der Waals surface area contributed by atoms with Crippen LogP contribution in [0.1, 0.15) is 80.1 Å². The lowest BCUT2D eigenvalue weighted by atomic mass is 9.98. The third-order valence-corrected chi connectivity index (χ3v) is 4.40. The fraction of sp³-hybridized carbons (Fsp3) is 1.00. The third-order valence-electron chi connectivity index (χ3n) is 3.83. The first-order chi connectivity index (χ1) is 12.1. The summed E-state index contributed by atoms with van der Waals surface area (Å²) >= 11 is 0. The van der Waals surface area contributed by atoms with E-state index in [4.69, 9.17) is 19.4 Å². The van der Waals surface area contributed by atoms with Crippen LogP contribution in [0.3, 0.4) is 0 Å². The van der Waals surface area contributed by atoms with E-state index in [-0.39, 0.29) is 6.10 Å². The molecule has 0 bridgehead atoms. The van der Waals surface area contributed by atoms with Crippen LogP contribution in [0.2, 0.25) is 0 Å². The summed E-state index contributed by atoms with van der Waals surface area (Å²) in [6.07, 6.45) is 6.03. The van der Waals surface area contributed by atoms with Gasteiger partial charge in [-0.25, -0.2) is 4.57 Å². The van der Waals surface area contributed by atoms with Crippen LogP contribution in [0.4, 0.5) is 0 Å². The predicted octanol–water partition coefficient (Wildman–Crippen LogP) is 4.44. The minimum Gasteiger partial charge on any atom is -0.395 e. The van der Waals surface area contributed by atoms with Crippen molar-refractivity contribution in [2.75, 3.05) is 26.2 Å². The van der Waals surface area contributed by atoms with Crippen molar-refractivity contribution in [3.8, 4) is 0 Å². The van der Waals surface area contributed by atoms with Gasteiger partial charge in [-0.05, 0) is 50.6 Å². The van der Waals surface area contributed by atoms with E-state index < -0.39 is 7.82 Å². The van der Waals surface area contributed by atoms with Crippen molar-refractivity contribution in [3.63, 3.8) is 0 Å². The molecule has 0 aromatic rings. The monoisotopic (exact) mass is 397 g/mol. The Hall–Kier alpha value is 0.0300. The molecule has 0 saturated heterocycles. The molecule has 7 heteroatoms. The molecule has 0 unspecified atom stereocenters. The summed E-state index contributed by atoms with van der Waals surface area (Å²) in [5.74, 6) is 0.760. The van der Waals surface area contributed by atoms with Gasteiger partial charge in [0.05, 0.1) is 12.7 Å². The van der Waals surface area contributed by atoms with Gasteiger partial charge in [-0.3, -0.25) is 4.52 Å². The molecule has 26 heavy (non-hydrogen) atoms. The van der Waals surface area contributed by atoms with Crippen molar-refractivity contribution in [3.05, 3.63) is 0 Å². The van der Waals surface area contributed by atoms with Crippen molar-refractivity contribution in [1.82, 2.24) is 4.90 Å². The van der Waals surface area contributed by atoms with Gasteiger partial charge in [-0.2, -0.15) is 0 Å². The smallest absolute Gasteiger partial charge is 0.395 e. The van der Waals surface area contributed by atoms with Gasteiger partial charge in [0.15, 0.2) is 0 Å². The van der Waals surface area contributed by atoms with E-state index in [1.807, 2.05) is 27.7 Å². The summed E-state index contributed by atoms with van der Waals surface area (Å²) < 4.78 is 15.4. The van der Waals surface area contributed by atoms with Crippen LogP contribution in [-0.2, 0) is 9.09 Å². The summed E-state index contributed by atoms with van der Waals surface area (Å²) in [4.78, 5) is 19.8. The summed E-state index contributed by atoms with van der Waals surface area (Å²) in [6.45, 7) is 15.9. The van der Waals surface area contributed by atoms with Crippen molar-refractivity contribution in [2.45, 2.75) is 86.2 Å². The molecule has 0 aliphatic rings. The number of unbranched alkanes of at least 4 members (excludes halogenated alkanes) is 2. The Balaban J connectivity index is 0. The van der Waals surface area contributed by atoms with Crippen LogP contribution < -0.4 is 0 Å². The van der Waals surface area contributed by atoms with Crippen LogP contribution >= 0.6 is 7.82 Å². The SMILES string of the molecule is CC(C)CC(CC(C)C)OP(=O)(O)O.CCCCN(CCO)CCCC. The van der Waals surface area contributed by atoms with Crippen LogP contribution in [0, 0.1) is 11.8 Å². The quantitative estimate of drug-likeness (QED) is 0.376. The van der Waals surface area contributed by atoms with Crippen LogP contribution in [0.25, 0.3) is 0 Å². The van der Waals surface area contributed by atoms with Gasteiger partial charge in [0, 0.05) is 6.54 Å². The Bertz CT molecular complexity index is 329. The van der Waals surface area contributed by atoms with E-state index >= 15 is 0 Å². The maximum atomic E-state index is 10.7. The van der Waals surface area contributed by atoms with E-state index in [9.17, 15) is 4.57 Å². The summed E-state index contributed by atoms with van der Waals surface area (Å²) in [5, 5.41) is 8.79. The first kappa shape index (κ1) is 28.2. The third kappa shape index (κ3) is 22.1. The summed E-state index contributed by atoms with van der Waals surface area (Å²) in [7, 11) is -4.33. The molecule has 0 saturated carbocycles. The van der Waals surface area contributed by atoms with Crippen molar-refractivity contribution in [2.24, 2.45) is 11.8 Å². The number of nitrogens with zero attached hydrogens (tertiary/aromatic N) is 1. The zero-order valence-corrected chi connectivity index (χ0v) is 18.8. The topological polar surface area (TPSA) is 90.2 Å². The number of phosphoric ester groups is 1. The number of phosphoric acid groups is 1. The van der Waals surface area contributed by atoms with E-state index in [1.165, 1.54) is 25.7 Å². The molecule has 0 aliphatic heterocycles. The lowest BCUT2D eigenvalue weighted by Crippen LogP contribution is -2.28. The largest absolute Gasteiger partial charge is 0.469 e. The predicted molar refractivity (Wildman–Crippen MR) is 109 cm³/mol. The molecule has 0 aromatic heterocycles. The molecule has 3 N–H and O–H groups in total. The van der Waals surface area contributed by atoms with Crippen LogP contribution in [0.5, 0.6) is 0 Å². The number of aliphatic hydroxyl groups is 1. The highest BCUT2D eigenvalue weighted by Gasteiger charge is 2.23. The zero-order valence-electron chi connectivity index (χ0n) is 17.9. The minimum atomic E-state index is -4.33. The molecule has 0 spiro atoms. The Labute approximate surface area is 161 Å². The molecule has 0 aromatic carbocycles. The van der Waals surface area contributed by atoms with E-state index in [0.717, 1.165) is 19.6 Å². The van der Waals surface area contributed by atoms with E-state index in [0.29, 0.717) is 31.3 Å². The van der Waals surface area contributed by atoms with Gasteiger partial charge in [0.2, 0.25) is 0 Å². The van der Waals surface area contributed by atoms with Crippen LogP contribution in [-0.4, -0.2) is 52.1 Å². The second-order valence-corrected chi connectivity index (χ2v) is 8.94. The van der Waals surface area contributed by atoms with Crippen molar-refractivity contribution >= 4 is 7.82 Å². The highest BCUT2D eigenvalue weighted by molar-refractivity contribution is 7.46. The zero-order chi connectivity index (χ0) is 20.6. The molecule has 0 amide bonds. The molecule has 0 rings (SSSR count). The first-order valence-electron chi connectivity index (χ1n) is 10.1. The second kappa shape index (κ2) is 17.2. The fourth-order valence-electron chi connectivity index (χ4n) is 2.67. The van der Waals surface area contributed by atoms with E-state index in [1.54, 1.807) is 0 Å². The van der Waals surface area contributed by atoms with Crippen molar-refractivity contribution in [1.29, 1.82) is 0 Å². The van der Waals surface area contributed by atoms with Gasteiger partial charge in [-0.1, -0.05) is 54.4 Å². The molecular weight excluding hydrogens is 353 g/mol. The highest BCUT2D eigenvalue weighted by Crippen LogP contribution is 2.40. The standard InChI is InChI=1S/C10H23NO.C9H21O4P/c1-3-5-7-11(9-10-12)8-6-4-2;1-7(2)5-9(6-8(3)4)13-14(10,11)12/h12H,3-10H2,1-2H3;7-9H,5-6H2,1-4H3,(H2,10,11,12). The normalized spacial score (nSPS) is 12.2. The molecule has 160 valence electrons. The lowest BCUT2D eigenvalue weighted by Gasteiger charge is -2.21. The van der Waals surface area contributed by atoms with Gasteiger partial charge in [0.25, 0.3) is 0 Å². The minimum absolute atomic E-state index is 0.299. The maximum absolute atomic E-state index is 10.7. The fourth-order valence-corrected chi connectivity index (χ4v) is 3.23. The first-order valence-corrected chi connectivity index (χ1v) is 11.7. The van der Waals surface area contributed by atoms with E-state index in [2.05, 4.69) is 18.7 Å². The molecule has 0 aliphatic carbocycles. The highest BCUT2D eigenvalue weighted by atomic mass is 31.2. The van der Waals surface area contributed by atoms with Gasteiger partial charge in [-0.15, -0.1) is 0 Å². The van der Waals surface area contributed by atoms with Gasteiger partial charge in [0.1, 0.15) is 0 Å². The number of rotatable bonds is 14. The average Bonchev–Trinajstić information content (AvgIpc) is 2.47. The van der Waals surface area contributed by atoms with Crippen molar-refractivity contribution < 1.29 is 24.0 Å². The average molecular weight is 398 g/mol. The Morgan fingerprint density at radius 1 is 0.885 bits per heavy atom. The molecule has 0 radical (unpaired) electrons. The molecule has 6 nitrogen and oxygen atoms in total.